The maximum absolute atomic E-state index is 12.5. The molecule has 0 unspecified atom stereocenters. The monoisotopic (exact) mass is 330 g/mol. The predicted octanol–water partition coefficient (Wildman–Crippen LogP) is 2.71. The highest BCUT2D eigenvalue weighted by Gasteiger charge is 2.23. The van der Waals surface area contributed by atoms with Gasteiger partial charge in [0, 0.05) is 31.1 Å². The van der Waals surface area contributed by atoms with Gasteiger partial charge in [-0.05, 0) is 43.7 Å². The van der Waals surface area contributed by atoms with Gasteiger partial charge in [0.15, 0.2) is 0 Å². The maximum atomic E-state index is 12.5. The number of nitrogens with zero attached hydrogens (tertiary/aromatic N) is 1. The van der Waals surface area contributed by atoms with Crippen LogP contribution in [0.2, 0.25) is 0 Å². The van der Waals surface area contributed by atoms with Gasteiger partial charge in [-0.3, -0.25) is 0 Å². The van der Waals surface area contributed by atoms with Crippen LogP contribution in [0, 0.1) is 5.92 Å². The van der Waals surface area contributed by atoms with Crippen molar-refractivity contribution in [3.63, 3.8) is 0 Å². The first kappa shape index (κ1) is 16.9. The molecular formula is C15H26N2O2S2. The van der Waals surface area contributed by atoms with Gasteiger partial charge in [-0.15, -0.1) is 11.3 Å². The Morgan fingerprint density at radius 2 is 2.10 bits per heavy atom. The third kappa shape index (κ3) is 5.06. The average molecular weight is 331 g/mol. The molecule has 0 radical (unpaired) electrons. The van der Waals surface area contributed by atoms with Gasteiger partial charge in [0.05, 0.1) is 0 Å². The first-order chi connectivity index (χ1) is 9.89. The molecule has 4 nitrogen and oxygen atoms in total. The van der Waals surface area contributed by atoms with E-state index < -0.39 is 10.0 Å². The Balaban J connectivity index is 1.90. The Labute approximate surface area is 132 Å². The average Bonchev–Trinajstić information content (AvgIpc) is 3.11. The number of nitrogens with one attached hydrogen (secondary N) is 1. The van der Waals surface area contributed by atoms with E-state index in [9.17, 15) is 8.42 Å². The van der Waals surface area contributed by atoms with E-state index >= 15 is 0 Å². The molecule has 1 aliphatic rings. The first-order valence-corrected chi connectivity index (χ1v) is 9.93. The first-order valence-electron chi connectivity index (χ1n) is 7.68. The molecule has 0 aliphatic heterocycles. The summed E-state index contributed by atoms with van der Waals surface area (Å²) in [5.41, 5.74) is 0. The van der Waals surface area contributed by atoms with Crippen LogP contribution in [0.15, 0.2) is 16.3 Å². The number of rotatable bonds is 9. The largest absolute Gasteiger partial charge is 0.314 e. The van der Waals surface area contributed by atoms with E-state index in [2.05, 4.69) is 19.2 Å². The van der Waals surface area contributed by atoms with E-state index in [1.54, 1.807) is 13.1 Å². The van der Waals surface area contributed by atoms with Crippen molar-refractivity contribution in [3.05, 3.63) is 17.0 Å². The Kier molecular flexibility index (Phi) is 5.82. The number of thiophene rings is 1. The number of hydrogen-bond acceptors (Lipinski definition) is 4. The molecule has 1 heterocycles. The minimum atomic E-state index is -3.31. The Bertz CT molecular complexity index is 548. The summed E-state index contributed by atoms with van der Waals surface area (Å²) in [6.07, 6.45) is 4.36. The lowest BCUT2D eigenvalue weighted by Gasteiger charge is -2.17. The fourth-order valence-corrected chi connectivity index (χ4v) is 4.78. The standard InChI is InChI=1S/C15H26N2O2S2/c1-12(2)9-11-17(3)21(18,19)15-7-6-14(20-15)8-10-16-13-4-5-13/h6-7,12-13,16H,4-5,8-11H2,1-3H3. The molecule has 1 aliphatic carbocycles. The van der Waals surface area contributed by atoms with Gasteiger partial charge < -0.3 is 5.32 Å². The third-order valence-corrected chi connectivity index (χ3v) is 7.17. The second-order valence-corrected chi connectivity index (χ2v) is 9.65. The highest BCUT2D eigenvalue weighted by Crippen LogP contribution is 2.25. The van der Waals surface area contributed by atoms with Gasteiger partial charge in [-0.25, -0.2) is 12.7 Å². The van der Waals surface area contributed by atoms with Gasteiger partial charge in [-0.1, -0.05) is 13.8 Å². The molecule has 2 rings (SSSR count). The molecule has 6 heteroatoms. The fourth-order valence-electron chi connectivity index (χ4n) is 2.03. The molecule has 0 spiro atoms. The normalized spacial score (nSPS) is 16.0. The van der Waals surface area contributed by atoms with Crippen molar-refractivity contribution in [2.24, 2.45) is 5.92 Å². The van der Waals surface area contributed by atoms with Crippen LogP contribution in [0.3, 0.4) is 0 Å². The molecule has 1 aromatic rings. The summed E-state index contributed by atoms with van der Waals surface area (Å²) in [7, 11) is -1.64. The lowest BCUT2D eigenvalue weighted by molar-refractivity contribution is 0.429. The summed E-state index contributed by atoms with van der Waals surface area (Å²) in [5, 5.41) is 3.46. The molecule has 120 valence electrons. The molecule has 0 atom stereocenters. The van der Waals surface area contributed by atoms with Crippen molar-refractivity contribution in [2.45, 2.75) is 49.8 Å². The minimum Gasteiger partial charge on any atom is -0.314 e. The Morgan fingerprint density at radius 3 is 2.71 bits per heavy atom. The van der Waals surface area contributed by atoms with E-state index in [4.69, 9.17) is 0 Å². The molecule has 0 bridgehead atoms. The molecule has 1 fully saturated rings. The Morgan fingerprint density at radius 1 is 1.38 bits per heavy atom. The van der Waals surface area contributed by atoms with E-state index in [1.807, 2.05) is 6.07 Å². The quantitative estimate of drug-likeness (QED) is 0.757. The van der Waals surface area contributed by atoms with Crippen LogP contribution in [-0.2, 0) is 16.4 Å². The third-order valence-electron chi connectivity index (χ3n) is 3.70. The van der Waals surface area contributed by atoms with E-state index in [-0.39, 0.29) is 0 Å². The molecule has 1 N–H and O–H groups in total. The highest BCUT2D eigenvalue weighted by atomic mass is 32.2. The van der Waals surface area contributed by atoms with Crippen molar-refractivity contribution in [3.8, 4) is 0 Å². The van der Waals surface area contributed by atoms with Crippen molar-refractivity contribution in [2.75, 3.05) is 20.1 Å². The van der Waals surface area contributed by atoms with Crippen molar-refractivity contribution < 1.29 is 8.42 Å². The fraction of sp³-hybridized carbons (Fsp3) is 0.733. The molecular weight excluding hydrogens is 304 g/mol. The minimum absolute atomic E-state index is 0.468. The van der Waals surface area contributed by atoms with Crippen LogP contribution < -0.4 is 5.32 Å². The van der Waals surface area contributed by atoms with Crippen LogP contribution in [0.5, 0.6) is 0 Å². The summed E-state index contributed by atoms with van der Waals surface area (Å²) in [6, 6.07) is 4.40. The molecule has 0 amide bonds. The molecule has 0 aromatic carbocycles. The zero-order valence-corrected chi connectivity index (χ0v) is 14.8. The summed E-state index contributed by atoms with van der Waals surface area (Å²) < 4.78 is 26.9. The number of sulfonamides is 1. The van der Waals surface area contributed by atoms with Gasteiger partial charge in [-0.2, -0.15) is 0 Å². The van der Waals surface area contributed by atoms with Crippen LogP contribution in [0.25, 0.3) is 0 Å². The summed E-state index contributed by atoms with van der Waals surface area (Å²) in [6.45, 7) is 5.73. The zero-order valence-electron chi connectivity index (χ0n) is 13.1. The van der Waals surface area contributed by atoms with Crippen LogP contribution in [0.1, 0.15) is 38.0 Å². The Hall–Kier alpha value is -0.430. The van der Waals surface area contributed by atoms with E-state index in [0.29, 0.717) is 22.7 Å². The van der Waals surface area contributed by atoms with E-state index in [1.165, 1.54) is 28.5 Å². The van der Waals surface area contributed by atoms with Gasteiger partial charge in [0.25, 0.3) is 10.0 Å². The molecule has 1 aromatic heterocycles. The SMILES string of the molecule is CC(C)CCN(C)S(=O)(=O)c1ccc(CCNC2CC2)s1. The van der Waals surface area contributed by atoms with Crippen molar-refractivity contribution >= 4 is 21.4 Å². The molecule has 1 saturated carbocycles. The lowest BCUT2D eigenvalue weighted by atomic mass is 10.1. The smallest absolute Gasteiger partial charge is 0.252 e. The van der Waals surface area contributed by atoms with Gasteiger partial charge in [0.2, 0.25) is 0 Å². The highest BCUT2D eigenvalue weighted by molar-refractivity contribution is 7.91. The predicted molar refractivity (Wildman–Crippen MR) is 88.3 cm³/mol. The summed E-state index contributed by atoms with van der Waals surface area (Å²) >= 11 is 1.40. The van der Waals surface area contributed by atoms with Gasteiger partial charge >= 0.3 is 0 Å². The summed E-state index contributed by atoms with van der Waals surface area (Å²) in [5.74, 6) is 0.509. The molecule has 0 saturated heterocycles. The second-order valence-electron chi connectivity index (χ2n) is 6.21. The summed E-state index contributed by atoms with van der Waals surface area (Å²) in [4.78, 5) is 1.14. The second kappa shape index (κ2) is 7.22. The van der Waals surface area contributed by atoms with Crippen LogP contribution in [-0.4, -0.2) is 38.9 Å². The van der Waals surface area contributed by atoms with Crippen molar-refractivity contribution in [1.29, 1.82) is 0 Å². The number of hydrogen-bond donors (Lipinski definition) is 1. The van der Waals surface area contributed by atoms with Gasteiger partial charge in [0.1, 0.15) is 4.21 Å². The van der Waals surface area contributed by atoms with Crippen LogP contribution in [0.4, 0.5) is 0 Å². The maximum Gasteiger partial charge on any atom is 0.252 e. The zero-order chi connectivity index (χ0) is 15.5. The topological polar surface area (TPSA) is 49.4 Å². The lowest BCUT2D eigenvalue weighted by Crippen LogP contribution is -2.28. The van der Waals surface area contributed by atoms with Crippen molar-refractivity contribution in [1.82, 2.24) is 9.62 Å². The van der Waals surface area contributed by atoms with Crippen LogP contribution >= 0.6 is 11.3 Å². The van der Waals surface area contributed by atoms with E-state index in [0.717, 1.165) is 24.3 Å². The molecule has 21 heavy (non-hydrogen) atoms.